The van der Waals surface area contributed by atoms with Gasteiger partial charge in [0.25, 0.3) is 0 Å². The summed E-state index contributed by atoms with van der Waals surface area (Å²) in [6, 6.07) is 1.76. The highest BCUT2D eigenvalue weighted by Crippen LogP contribution is 2.31. The molecule has 0 spiro atoms. The number of nitrogens with two attached hydrogens (primary N) is 1. The average molecular weight is 237 g/mol. The van der Waals surface area contributed by atoms with Gasteiger partial charge in [-0.15, -0.1) is 0 Å². The molecule has 0 aromatic carbocycles. The molecule has 2 heterocycles. The highest BCUT2D eigenvalue weighted by atomic mass is 35.5. The van der Waals surface area contributed by atoms with Gasteiger partial charge >= 0.3 is 0 Å². The minimum atomic E-state index is 0.605. The van der Waals surface area contributed by atoms with Crippen molar-refractivity contribution in [1.29, 1.82) is 0 Å². The number of hydrogen-bond donors (Lipinski definition) is 1. The van der Waals surface area contributed by atoms with Gasteiger partial charge in [0.2, 0.25) is 0 Å². The van der Waals surface area contributed by atoms with Crippen molar-refractivity contribution in [3.63, 3.8) is 0 Å². The van der Waals surface area contributed by atoms with E-state index in [1.807, 2.05) is 4.68 Å². The summed E-state index contributed by atoms with van der Waals surface area (Å²) in [5.74, 6) is 0. The van der Waals surface area contributed by atoms with Gasteiger partial charge in [0.1, 0.15) is 0 Å². The Morgan fingerprint density at radius 2 is 2.25 bits per heavy atom. The van der Waals surface area contributed by atoms with E-state index in [1.54, 1.807) is 24.7 Å². The van der Waals surface area contributed by atoms with Crippen molar-refractivity contribution in [2.75, 3.05) is 5.73 Å². The van der Waals surface area contributed by atoms with Crippen LogP contribution in [-0.4, -0.2) is 14.8 Å². The number of aryl methyl sites for hydroxylation is 1. The summed E-state index contributed by atoms with van der Waals surface area (Å²) in [6.45, 7) is 2.91. The molecular formula is C11H13ClN4. The lowest BCUT2D eigenvalue weighted by atomic mass is 10.2. The number of pyridine rings is 1. The SMILES string of the molecule is CCCn1ncc(Cl)c1-c1cnccc1N. The molecule has 4 nitrogen and oxygen atoms in total. The zero-order valence-electron chi connectivity index (χ0n) is 9.02. The van der Waals surface area contributed by atoms with E-state index in [4.69, 9.17) is 17.3 Å². The molecule has 0 saturated heterocycles. The van der Waals surface area contributed by atoms with Crippen LogP contribution < -0.4 is 5.73 Å². The summed E-state index contributed by atoms with van der Waals surface area (Å²) in [6.07, 6.45) is 6.00. The number of halogens is 1. The van der Waals surface area contributed by atoms with Crippen molar-refractivity contribution in [2.24, 2.45) is 0 Å². The maximum Gasteiger partial charge on any atom is 0.0905 e. The van der Waals surface area contributed by atoms with E-state index < -0.39 is 0 Å². The van der Waals surface area contributed by atoms with Crippen molar-refractivity contribution in [3.8, 4) is 11.3 Å². The molecule has 0 atom stereocenters. The molecule has 0 radical (unpaired) electrons. The Labute approximate surface area is 99.1 Å². The van der Waals surface area contributed by atoms with Gasteiger partial charge in [-0.1, -0.05) is 18.5 Å². The minimum absolute atomic E-state index is 0.605. The maximum absolute atomic E-state index is 6.12. The molecule has 2 N–H and O–H groups in total. The van der Waals surface area contributed by atoms with Gasteiger partial charge in [0.15, 0.2) is 0 Å². The third kappa shape index (κ3) is 1.88. The Balaban J connectivity index is 2.54. The lowest BCUT2D eigenvalue weighted by Gasteiger charge is -2.08. The molecule has 2 aromatic heterocycles. The minimum Gasteiger partial charge on any atom is -0.398 e. The van der Waals surface area contributed by atoms with E-state index in [1.165, 1.54) is 0 Å². The molecule has 0 aliphatic rings. The van der Waals surface area contributed by atoms with Gasteiger partial charge in [-0.2, -0.15) is 5.10 Å². The monoisotopic (exact) mass is 236 g/mol. The molecule has 2 rings (SSSR count). The summed E-state index contributed by atoms with van der Waals surface area (Å²) in [4.78, 5) is 4.06. The highest BCUT2D eigenvalue weighted by molar-refractivity contribution is 6.33. The van der Waals surface area contributed by atoms with Crippen LogP contribution in [0.1, 0.15) is 13.3 Å². The first kappa shape index (κ1) is 11.0. The number of nitrogens with zero attached hydrogens (tertiary/aromatic N) is 3. The molecule has 0 amide bonds. The number of aromatic nitrogens is 3. The van der Waals surface area contributed by atoms with Crippen LogP contribution in [0, 0.1) is 0 Å². The van der Waals surface area contributed by atoms with Crippen LogP contribution in [0.2, 0.25) is 5.02 Å². The molecule has 5 heteroatoms. The normalized spacial score (nSPS) is 10.6. The van der Waals surface area contributed by atoms with Gasteiger partial charge in [-0.3, -0.25) is 9.67 Å². The van der Waals surface area contributed by atoms with Gasteiger partial charge < -0.3 is 5.73 Å². The van der Waals surface area contributed by atoms with Crippen LogP contribution in [0.4, 0.5) is 5.69 Å². The van der Waals surface area contributed by atoms with Gasteiger partial charge in [-0.05, 0) is 12.5 Å². The Bertz CT molecular complexity index is 492. The molecule has 0 aliphatic carbocycles. The van der Waals surface area contributed by atoms with Crippen molar-refractivity contribution in [1.82, 2.24) is 14.8 Å². The van der Waals surface area contributed by atoms with Crippen molar-refractivity contribution < 1.29 is 0 Å². The summed E-state index contributed by atoms with van der Waals surface area (Å²) in [7, 11) is 0. The van der Waals surface area contributed by atoms with Gasteiger partial charge in [0.05, 0.1) is 16.9 Å². The summed E-state index contributed by atoms with van der Waals surface area (Å²) in [5, 5.41) is 4.83. The van der Waals surface area contributed by atoms with Crippen molar-refractivity contribution in [2.45, 2.75) is 19.9 Å². The van der Waals surface area contributed by atoms with Crippen LogP contribution in [0.3, 0.4) is 0 Å². The third-order valence-electron chi connectivity index (χ3n) is 2.34. The van der Waals surface area contributed by atoms with E-state index in [0.717, 1.165) is 24.2 Å². The lowest BCUT2D eigenvalue weighted by Crippen LogP contribution is -2.03. The lowest BCUT2D eigenvalue weighted by molar-refractivity contribution is 0.609. The second-order valence-corrected chi connectivity index (χ2v) is 3.93. The first-order valence-corrected chi connectivity index (χ1v) is 5.53. The fraction of sp³-hybridized carbons (Fsp3) is 0.273. The second kappa shape index (κ2) is 4.53. The molecule has 84 valence electrons. The van der Waals surface area contributed by atoms with Gasteiger partial charge in [-0.25, -0.2) is 0 Å². The first-order valence-electron chi connectivity index (χ1n) is 5.15. The molecule has 16 heavy (non-hydrogen) atoms. The highest BCUT2D eigenvalue weighted by Gasteiger charge is 2.13. The smallest absolute Gasteiger partial charge is 0.0905 e. The number of hydrogen-bond acceptors (Lipinski definition) is 3. The van der Waals surface area contributed by atoms with Crippen LogP contribution in [0.15, 0.2) is 24.7 Å². The Morgan fingerprint density at radius 1 is 1.44 bits per heavy atom. The van der Waals surface area contributed by atoms with Crippen LogP contribution in [0.25, 0.3) is 11.3 Å². The second-order valence-electron chi connectivity index (χ2n) is 3.53. The molecular weight excluding hydrogens is 224 g/mol. The predicted octanol–water partition coefficient (Wildman–Crippen LogP) is 2.59. The zero-order valence-corrected chi connectivity index (χ0v) is 9.78. The summed E-state index contributed by atoms with van der Waals surface area (Å²) in [5.41, 5.74) is 8.24. The molecule has 2 aromatic rings. The average Bonchev–Trinajstić information content (AvgIpc) is 2.62. The number of rotatable bonds is 3. The molecule has 0 saturated carbocycles. The van der Waals surface area contributed by atoms with E-state index in [9.17, 15) is 0 Å². The van der Waals surface area contributed by atoms with Crippen molar-refractivity contribution in [3.05, 3.63) is 29.7 Å². The maximum atomic E-state index is 6.12. The predicted molar refractivity (Wildman–Crippen MR) is 65.2 cm³/mol. The molecule has 0 aliphatic heterocycles. The molecule has 0 bridgehead atoms. The van der Waals surface area contributed by atoms with Crippen LogP contribution in [-0.2, 0) is 6.54 Å². The van der Waals surface area contributed by atoms with E-state index in [0.29, 0.717) is 10.7 Å². The molecule has 0 unspecified atom stereocenters. The van der Waals surface area contributed by atoms with E-state index in [2.05, 4.69) is 17.0 Å². The number of nitrogen functional groups attached to an aromatic ring is 1. The third-order valence-corrected chi connectivity index (χ3v) is 2.62. The fourth-order valence-electron chi connectivity index (χ4n) is 1.61. The standard InChI is InChI=1S/C11H13ClN4/c1-2-5-16-11(9(12)7-15-16)8-6-14-4-3-10(8)13/h3-4,6-7H,2,5H2,1H3,(H2,13,14). The van der Waals surface area contributed by atoms with Crippen molar-refractivity contribution >= 4 is 17.3 Å². The van der Waals surface area contributed by atoms with E-state index >= 15 is 0 Å². The summed E-state index contributed by atoms with van der Waals surface area (Å²) >= 11 is 6.12. The zero-order chi connectivity index (χ0) is 11.5. The molecule has 0 fully saturated rings. The first-order chi connectivity index (χ1) is 7.74. The Hall–Kier alpha value is -1.55. The Morgan fingerprint density at radius 3 is 2.94 bits per heavy atom. The Kier molecular flexibility index (Phi) is 3.10. The largest absolute Gasteiger partial charge is 0.398 e. The quantitative estimate of drug-likeness (QED) is 0.891. The summed E-state index contributed by atoms with van der Waals surface area (Å²) < 4.78 is 1.86. The topological polar surface area (TPSA) is 56.7 Å². The van der Waals surface area contributed by atoms with Crippen LogP contribution in [0.5, 0.6) is 0 Å². The van der Waals surface area contributed by atoms with Crippen LogP contribution >= 0.6 is 11.6 Å². The fourth-order valence-corrected chi connectivity index (χ4v) is 1.86. The number of anilines is 1. The van der Waals surface area contributed by atoms with E-state index in [-0.39, 0.29) is 0 Å². The van der Waals surface area contributed by atoms with Gasteiger partial charge in [0, 0.05) is 30.2 Å².